The normalized spacial score (nSPS) is 17.9. The SMILES string of the molecule is Cl.N#Cc1ccc(C2(N)CCCC2)cc1. The van der Waals surface area contributed by atoms with Crippen molar-refractivity contribution in [3.8, 4) is 6.07 Å². The van der Waals surface area contributed by atoms with Crippen molar-refractivity contribution in [1.82, 2.24) is 0 Å². The number of halogens is 1. The molecule has 0 unspecified atom stereocenters. The summed E-state index contributed by atoms with van der Waals surface area (Å²) >= 11 is 0. The topological polar surface area (TPSA) is 49.8 Å². The number of nitrogens with two attached hydrogens (primary N) is 1. The zero-order valence-electron chi connectivity index (χ0n) is 8.57. The number of nitrogens with zero attached hydrogens (tertiary/aromatic N) is 1. The molecule has 0 amide bonds. The molecule has 1 aromatic rings. The first-order valence-electron chi connectivity index (χ1n) is 5.04. The molecule has 1 aliphatic carbocycles. The first kappa shape index (κ1) is 12.0. The standard InChI is InChI=1S/C12H14N2.ClH/c13-9-10-3-5-11(6-4-10)12(14)7-1-2-8-12;/h3-6H,1-2,7-8,14H2;1H. The fraction of sp³-hybridized carbons (Fsp3) is 0.417. The lowest BCUT2D eigenvalue weighted by atomic mass is 9.89. The third kappa shape index (κ3) is 2.31. The lowest BCUT2D eigenvalue weighted by molar-refractivity contribution is 0.462. The van der Waals surface area contributed by atoms with Gasteiger partial charge in [-0.3, -0.25) is 0 Å². The highest BCUT2D eigenvalue weighted by Gasteiger charge is 2.30. The van der Waals surface area contributed by atoms with E-state index in [-0.39, 0.29) is 17.9 Å². The van der Waals surface area contributed by atoms with E-state index < -0.39 is 0 Å². The molecule has 2 nitrogen and oxygen atoms in total. The van der Waals surface area contributed by atoms with Crippen LogP contribution in [0.15, 0.2) is 24.3 Å². The number of benzene rings is 1. The van der Waals surface area contributed by atoms with Crippen molar-refractivity contribution >= 4 is 12.4 Å². The van der Waals surface area contributed by atoms with Crippen molar-refractivity contribution in [2.75, 3.05) is 0 Å². The molecule has 1 fully saturated rings. The second-order valence-corrected chi connectivity index (χ2v) is 4.05. The van der Waals surface area contributed by atoms with Crippen molar-refractivity contribution in [3.05, 3.63) is 35.4 Å². The van der Waals surface area contributed by atoms with E-state index >= 15 is 0 Å². The Morgan fingerprint density at radius 1 is 1.13 bits per heavy atom. The van der Waals surface area contributed by atoms with Crippen LogP contribution in [0.3, 0.4) is 0 Å². The van der Waals surface area contributed by atoms with Crippen LogP contribution in [0.5, 0.6) is 0 Å². The molecule has 0 aromatic heterocycles. The molecule has 0 saturated heterocycles. The van der Waals surface area contributed by atoms with Crippen LogP contribution in [0.4, 0.5) is 0 Å². The van der Waals surface area contributed by atoms with Gasteiger partial charge < -0.3 is 5.73 Å². The fourth-order valence-corrected chi connectivity index (χ4v) is 2.17. The number of hydrogen-bond donors (Lipinski definition) is 1. The zero-order chi connectivity index (χ0) is 10.0. The van der Waals surface area contributed by atoms with Crippen molar-refractivity contribution in [2.45, 2.75) is 31.2 Å². The van der Waals surface area contributed by atoms with Crippen molar-refractivity contribution in [2.24, 2.45) is 5.73 Å². The van der Waals surface area contributed by atoms with Crippen LogP contribution < -0.4 is 5.73 Å². The Morgan fingerprint density at radius 3 is 2.13 bits per heavy atom. The average Bonchev–Trinajstić information content (AvgIpc) is 2.67. The van der Waals surface area contributed by atoms with Crippen LogP contribution in [0.1, 0.15) is 36.8 Å². The Labute approximate surface area is 96.5 Å². The number of rotatable bonds is 1. The van der Waals surface area contributed by atoms with Crippen LogP contribution in [0.2, 0.25) is 0 Å². The summed E-state index contributed by atoms with van der Waals surface area (Å²) in [6.45, 7) is 0. The molecule has 0 bridgehead atoms. The van der Waals surface area contributed by atoms with E-state index in [1.807, 2.05) is 24.3 Å². The van der Waals surface area contributed by atoms with Crippen molar-refractivity contribution in [3.63, 3.8) is 0 Å². The highest BCUT2D eigenvalue weighted by molar-refractivity contribution is 5.85. The lowest BCUT2D eigenvalue weighted by Gasteiger charge is -2.23. The van der Waals surface area contributed by atoms with Gasteiger partial charge in [0.2, 0.25) is 0 Å². The molecule has 0 aliphatic heterocycles. The molecule has 0 radical (unpaired) electrons. The van der Waals surface area contributed by atoms with Gasteiger partial charge in [-0.2, -0.15) is 5.26 Å². The van der Waals surface area contributed by atoms with Gasteiger partial charge in [0.05, 0.1) is 11.6 Å². The molecule has 2 N–H and O–H groups in total. The van der Waals surface area contributed by atoms with E-state index in [2.05, 4.69) is 6.07 Å². The van der Waals surface area contributed by atoms with E-state index in [4.69, 9.17) is 11.0 Å². The lowest BCUT2D eigenvalue weighted by Crippen LogP contribution is -2.32. The summed E-state index contributed by atoms with van der Waals surface area (Å²) in [6, 6.07) is 9.80. The highest BCUT2D eigenvalue weighted by Crippen LogP contribution is 2.36. The van der Waals surface area contributed by atoms with Gasteiger partial charge in [0, 0.05) is 5.54 Å². The van der Waals surface area contributed by atoms with Gasteiger partial charge in [0.25, 0.3) is 0 Å². The molecular weight excluding hydrogens is 208 g/mol. The maximum Gasteiger partial charge on any atom is 0.0991 e. The van der Waals surface area contributed by atoms with Crippen LogP contribution in [-0.4, -0.2) is 0 Å². The average molecular weight is 223 g/mol. The van der Waals surface area contributed by atoms with Gasteiger partial charge in [0.1, 0.15) is 0 Å². The predicted octanol–water partition coefficient (Wildman–Crippen LogP) is 2.71. The second kappa shape index (κ2) is 4.65. The Balaban J connectivity index is 0.00000112. The summed E-state index contributed by atoms with van der Waals surface area (Å²) in [5.41, 5.74) is 8.04. The minimum Gasteiger partial charge on any atom is -0.321 e. The maximum atomic E-state index is 8.68. The first-order valence-corrected chi connectivity index (χ1v) is 5.04. The number of hydrogen-bond acceptors (Lipinski definition) is 2. The van der Waals surface area contributed by atoms with Gasteiger partial charge in [-0.05, 0) is 30.5 Å². The molecular formula is C12H15ClN2. The molecule has 1 saturated carbocycles. The minimum atomic E-state index is -0.131. The van der Waals surface area contributed by atoms with Crippen molar-refractivity contribution < 1.29 is 0 Å². The summed E-state index contributed by atoms with van der Waals surface area (Å²) in [5, 5.41) is 8.68. The monoisotopic (exact) mass is 222 g/mol. The third-order valence-corrected chi connectivity index (χ3v) is 3.08. The number of nitriles is 1. The fourth-order valence-electron chi connectivity index (χ4n) is 2.17. The minimum absolute atomic E-state index is 0. The van der Waals surface area contributed by atoms with Gasteiger partial charge in [-0.15, -0.1) is 12.4 Å². The molecule has 3 heteroatoms. The molecule has 15 heavy (non-hydrogen) atoms. The third-order valence-electron chi connectivity index (χ3n) is 3.08. The Kier molecular flexibility index (Phi) is 3.73. The summed E-state index contributed by atoms with van der Waals surface area (Å²) < 4.78 is 0. The Morgan fingerprint density at radius 2 is 1.67 bits per heavy atom. The van der Waals surface area contributed by atoms with E-state index in [9.17, 15) is 0 Å². The molecule has 80 valence electrons. The van der Waals surface area contributed by atoms with E-state index in [1.54, 1.807) is 0 Å². The van der Waals surface area contributed by atoms with Gasteiger partial charge >= 0.3 is 0 Å². The van der Waals surface area contributed by atoms with Crippen LogP contribution in [0.25, 0.3) is 0 Å². The summed E-state index contributed by atoms with van der Waals surface area (Å²) in [7, 11) is 0. The van der Waals surface area contributed by atoms with E-state index in [0.29, 0.717) is 5.56 Å². The molecule has 2 rings (SSSR count). The van der Waals surface area contributed by atoms with Crippen LogP contribution >= 0.6 is 12.4 Å². The smallest absolute Gasteiger partial charge is 0.0991 e. The highest BCUT2D eigenvalue weighted by atomic mass is 35.5. The van der Waals surface area contributed by atoms with Crippen molar-refractivity contribution in [1.29, 1.82) is 5.26 Å². The maximum absolute atomic E-state index is 8.68. The van der Waals surface area contributed by atoms with Gasteiger partial charge in [-0.1, -0.05) is 25.0 Å². The molecule has 0 atom stereocenters. The van der Waals surface area contributed by atoms with Gasteiger partial charge in [0.15, 0.2) is 0 Å². The summed E-state index contributed by atoms with van der Waals surface area (Å²) in [6.07, 6.45) is 4.57. The van der Waals surface area contributed by atoms with Crippen LogP contribution in [-0.2, 0) is 5.54 Å². The van der Waals surface area contributed by atoms with E-state index in [0.717, 1.165) is 12.8 Å². The molecule has 0 spiro atoms. The largest absolute Gasteiger partial charge is 0.321 e. The van der Waals surface area contributed by atoms with E-state index in [1.165, 1.54) is 18.4 Å². The summed E-state index contributed by atoms with van der Waals surface area (Å²) in [5.74, 6) is 0. The summed E-state index contributed by atoms with van der Waals surface area (Å²) in [4.78, 5) is 0. The molecule has 1 aliphatic rings. The Bertz CT molecular complexity index is 358. The zero-order valence-corrected chi connectivity index (χ0v) is 9.39. The Hall–Kier alpha value is -1.04. The second-order valence-electron chi connectivity index (χ2n) is 4.05. The van der Waals surface area contributed by atoms with Gasteiger partial charge in [-0.25, -0.2) is 0 Å². The predicted molar refractivity (Wildman–Crippen MR) is 62.7 cm³/mol. The first-order chi connectivity index (χ1) is 6.74. The van der Waals surface area contributed by atoms with Crippen LogP contribution in [0, 0.1) is 11.3 Å². The molecule has 1 aromatic carbocycles. The molecule has 0 heterocycles. The quantitative estimate of drug-likeness (QED) is 0.794.